The van der Waals surface area contributed by atoms with Crippen molar-refractivity contribution < 1.29 is 19.1 Å². The Morgan fingerprint density at radius 1 is 1.04 bits per heavy atom. The van der Waals surface area contributed by atoms with E-state index in [4.69, 9.17) is 9.47 Å². The molecule has 0 saturated carbocycles. The van der Waals surface area contributed by atoms with E-state index in [9.17, 15) is 9.59 Å². The molecule has 0 unspecified atom stereocenters. The molecule has 1 fully saturated rings. The van der Waals surface area contributed by atoms with Crippen molar-refractivity contribution in [2.45, 2.75) is 31.8 Å². The van der Waals surface area contributed by atoms with Gasteiger partial charge in [-0.15, -0.1) is 0 Å². The lowest BCUT2D eigenvalue weighted by molar-refractivity contribution is -0.132. The lowest BCUT2D eigenvalue weighted by atomic mass is 9.91. The van der Waals surface area contributed by atoms with Gasteiger partial charge in [-0.05, 0) is 36.6 Å². The first-order valence-electron chi connectivity index (χ1n) is 8.89. The summed E-state index contributed by atoms with van der Waals surface area (Å²) in [7, 11) is 3.13. The number of amides is 3. The highest BCUT2D eigenvalue weighted by molar-refractivity contribution is 6.07. The molecule has 0 aromatic heterocycles. The maximum Gasteiger partial charge on any atom is 0.325 e. The third-order valence-corrected chi connectivity index (χ3v) is 5.06. The van der Waals surface area contributed by atoms with Crippen molar-refractivity contribution in [3.8, 4) is 11.5 Å². The molecule has 0 spiro atoms. The molecule has 27 heavy (non-hydrogen) atoms. The summed E-state index contributed by atoms with van der Waals surface area (Å²) in [5.74, 6) is 0.897. The van der Waals surface area contributed by atoms with Crippen LogP contribution < -0.4 is 14.8 Å². The Kier molecular flexibility index (Phi) is 5.08. The quantitative estimate of drug-likeness (QED) is 0.791. The van der Waals surface area contributed by atoms with Crippen LogP contribution in [-0.4, -0.2) is 31.1 Å². The molecule has 1 aliphatic rings. The summed E-state index contributed by atoms with van der Waals surface area (Å²) in [6.07, 6.45) is 0.583. The minimum Gasteiger partial charge on any atom is -0.493 e. The number of nitrogens with zero attached hydrogens (tertiary/aromatic N) is 1. The molecule has 1 N–H and O–H groups in total. The van der Waals surface area contributed by atoms with Crippen LogP contribution in [-0.2, 0) is 10.3 Å². The van der Waals surface area contributed by atoms with E-state index in [0.717, 1.165) is 11.1 Å². The molecular weight excluding hydrogens is 344 g/mol. The molecule has 6 nitrogen and oxygen atoms in total. The number of urea groups is 1. The second kappa shape index (κ2) is 7.31. The number of rotatable bonds is 6. The van der Waals surface area contributed by atoms with Crippen molar-refractivity contribution in [2.75, 3.05) is 14.2 Å². The van der Waals surface area contributed by atoms with Gasteiger partial charge >= 0.3 is 6.03 Å². The monoisotopic (exact) mass is 368 g/mol. The van der Waals surface area contributed by atoms with E-state index in [0.29, 0.717) is 17.9 Å². The van der Waals surface area contributed by atoms with Crippen LogP contribution in [0.25, 0.3) is 0 Å². The summed E-state index contributed by atoms with van der Waals surface area (Å²) in [5, 5.41) is 2.86. The lowest BCUT2D eigenvalue weighted by Crippen LogP contribution is -2.41. The number of nitrogens with one attached hydrogen (secondary N) is 1. The van der Waals surface area contributed by atoms with Crippen LogP contribution in [0, 0.1) is 0 Å². The van der Waals surface area contributed by atoms with Gasteiger partial charge in [0.05, 0.1) is 20.3 Å². The van der Waals surface area contributed by atoms with E-state index in [1.165, 1.54) is 4.90 Å². The first-order valence-corrected chi connectivity index (χ1v) is 8.89. The van der Waals surface area contributed by atoms with Crippen LogP contribution in [0.15, 0.2) is 48.5 Å². The molecule has 6 heteroatoms. The Morgan fingerprint density at radius 2 is 1.70 bits per heavy atom. The van der Waals surface area contributed by atoms with Gasteiger partial charge in [0.25, 0.3) is 5.91 Å². The second-order valence-corrected chi connectivity index (χ2v) is 6.63. The predicted molar refractivity (Wildman–Crippen MR) is 102 cm³/mol. The number of ether oxygens (including phenoxy) is 2. The Bertz CT molecular complexity index is 853. The largest absolute Gasteiger partial charge is 0.493 e. The molecule has 3 amide bonds. The molecule has 2 aromatic rings. The predicted octanol–water partition coefficient (Wildman–Crippen LogP) is 3.62. The van der Waals surface area contributed by atoms with Gasteiger partial charge in [-0.1, -0.05) is 43.3 Å². The smallest absolute Gasteiger partial charge is 0.325 e. The summed E-state index contributed by atoms with van der Waals surface area (Å²) in [6, 6.07) is 13.9. The van der Waals surface area contributed by atoms with Crippen molar-refractivity contribution in [1.29, 1.82) is 0 Å². The number of methoxy groups -OCH3 is 2. The van der Waals surface area contributed by atoms with Gasteiger partial charge in [-0.25, -0.2) is 4.79 Å². The fraction of sp³-hybridized carbons (Fsp3) is 0.333. The highest BCUT2D eigenvalue weighted by Crippen LogP contribution is 2.38. The van der Waals surface area contributed by atoms with Crippen LogP contribution in [0.5, 0.6) is 11.5 Å². The van der Waals surface area contributed by atoms with Crippen molar-refractivity contribution in [3.63, 3.8) is 0 Å². The SMILES string of the molecule is CC[C@H](c1ccc(OC)c(OC)c1)N1C(=O)N[C@](C)(c2ccccc2)C1=O. The zero-order valence-corrected chi connectivity index (χ0v) is 16.0. The number of imide groups is 1. The van der Waals surface area contributed by atoms with E-state index in [-0.39, 0.29) is 5.91 Å². The van der Waals surface area contributed by atoms with Crippen molar-refractivity contribution in [2.24, 2.45) is 0 Å². The third-order valence-electron chi connectivity index (χ3n) is 5.06. The van der Waals surface area contributed by atoms with Gasteiger partial charge in [-0.3, -0.25) is 9.69 Å². The van der Waals surface area contributed by atoms with E-state index in [1.54, 1.807) is 27.2 Å². The standard InChI is InChI=1S/C21H24N2O4/c1-5-16(14-11-12-17(26-3)18(13-14)27-4)23-19(24)21(2,22-20(23)25)15-9-7-6-8-10-15/h6-13,16H,5H2,1-4H3,(H,22,25)/t16-,21-/m1/s1. The first kappa shape index (κ1) is 18.8. The summed E-state index contributed by atoms with van der Waals surface area (Å²) < 4.78 is 10.6. The molecule has 1 saturated heterocycles. The summed E-state index contributed by atoms with van der Waals surface area (Å²) in [4.78, 5) is 27.4. The second-order valence-electron chi connectivity index (χ2n) is 6.63. The van der Waals surface area contributed by atoms with Gasteiger partial charge in [0.15, 0.2) is 11.5 Å². The maximum atomic E-state index is 13.3. The topological polar surface area (TPSA) is 67.9 Å². The molecular formula is C21H24N2O4. The maximum absolute atomic E-state index is 13.3. The van der Waals surface area contributed by atoms with Crippen LogP contribution in [0.4, 0.5) is 4.79 Å². The third kappa shape index (κ3) is 3.12. The van der Waals surface area contributed by atoms with Crippen LogP contribution >= 0.6 is 0 Å². The number of hydrogen-bond acceptors (Lipinski definition) is 4. The zero-order valence-electron chi connectivity index (χ0n) is 16.0. The molecule has 2 atom stereocenters. The van der Waals surface area contributed by atoms with Crippen LogP contribution in [0.2, 0.25) is 0 Å². The molecule has 0 aliphatic carbocycles. The van der Waals surface area contributed by atoms with Gasteiger partial charge < -0.3 is 14.8 Å². The molecule has 1 heterocycles. The van der Waals surface area contributed by atoms with E-state index in [1.807, 2.05) is 49.4 Å². The van der Waals surface area contributed by atoms with Gasteiger partial charge in [0, 0.05) is 0 Å². The average molecular weight is 368 g/mol. The zero-order chi connectivity index (χ0) is 19.6. The summed E-state index contributed by atoms with van der Waals surface area (Å²) in [6.45, 7) is 3.68. The van der Waals surface area contributed by atoms with Crippen molar-refractivity contribution in [3.05, 3.63) is 59.7 Å². The molecule has 0 bridgehead atoms. The molecule has 1 aliphatic heterocycles. The Hall–Kier alpha value is -3.02. The minimum absolute atomic E-state index is 0.264. The van der Waals surface area contributed by atoms with E-state index in [2.05, 4.69) is 5.32 Å². The fourth-order valence-electron chi connectivity index (χ4n) is 3.54. The van der Waals surface area contributed by atoms with Crippen molar-refractivity contribution in [1.82, 2.24) is 10.2 Å². The van der Waals surface area contributed by atoms with Gasteiger partial charge in [0.1, 0.15) is 5.54 Å². The average Bonchev–Trinajstić information content (AvgIpc) is 2.93. The normalized spacial score (nSPS) is 20.4. The lowest BCUT2D eigenvalue weighted by Gasteiger charge is -2.27. The molecule has 0 radical (unpaired) electrons. The highest BCUT2D eigenvalue weighted by atomic mass is 16.5. The van der Waals surface area contributed by atoms with Crippen LogP contribution in [0.1, 0.15) is 37.4 Å². The van der Waals surface area contributed by atoms with E-state index >= 15 is 0 Å². The Morgan fingerprint density at radius 3 is 2.30 bits per heavy atom. The summed E-state index contributed by atoms with van der Waals surface area (Å²) in [5.41, 5.74) is 0.492. The van der Waals surface area contributed by atoms with Crippen LogP contribution in [0.3, 0.4) is 0 Å². The highest BCUT2D eigenvalue weighted by Gasteiger charge is 2.51. The molecule has 3 rings (SSSR count). The van der Waals surface area contributed by atoms with Gasteiger partial charge in [-0.2, -0.15) is 0 Å². The fourth-order valence-corrected chi connectivity index (χ4v) is 3.54. The van der Waals surface area contributed by atoms with Crippen molar-refractivity contribution >= 4 is 11.9 Å². The Balaban J connectivity index is 1.99. The molecule has 2 aromatic carbocycles. The number of benzene rings is 2. The number of hydrogen-bond donors (Lipinski definition) is 1. The van der Waals surface area contributed by atoms with Gasteiger partial charge in [0.2, 0.25) is 0 Å². The molecule has 142 valence electrons. The first-order chi connectivity index (χ1) is 13.0. The summed E-state index contributed by atoms with van der Waals surface area (Å²) >= 11 is 0. The number of carbonyl (C=O) groups is 2. The Labute approximate surface area is 159 Å². The van der Waals surface area contributed by atoms with E-state index < -0.39 is 17.6 Å². The minimum atomic E-state index is -1.08. The number of carbonyl (C=O) groups excluding carboxylic acids is 2.